The summed E-state index contributed by atoms with van der Waals surface area (Å²) in [7, 11) is 0. The number of likely N-dealkylation sites (tertiary alicyclic amines) is 2. The first-order chi connectivity index (χ1) is 15.5. The third-order valence-electron chi connectivity index (χ3n) is 7.41. The van der Waals surface area contributed by atoms with Crippen molar-refractivity contribution in [2.24, 2.45) is 0 Å². The average Bonchev–Trinajstić information content (AvgIpc) is 3.22. The van der Waals surface area contributed by atoms with Crippen molar-refractivity contribution in [2.75, 3.05) is 25.0 Å². The normalized spacial score (nSPS) is 25.6. The number of amides is 3. The fourth-order valence-corrected chi connectivity index (χ4v) is 5.47. The zero-order valence-corrected chi connectivity index (χ0v) is 19.3. The van der Waals surface area contributed by atoms with E-state index in [-0.39, 0.29) is 30.1 Å². The van der Waals surface area contributed by atoms with Gasteiger partial charge in [-0.2, -0.15) is 0 Å². The summed E-state index contributed by atoms with van der Waals surface area (Å²) in [6, 6.07) is 8.16. The molecule has 2 heterocycles. The molecule has 1 saturated carbocycles. The Morgan fingerprint density at radius 2 is 1.72 bits per heavy atom. The predicted molar refractivity (Wildman–Crippen MR) is 126 cm³/mol. The molecular formula is C25H38N4O3. The molecule has 1 aromatic rings. The lowest BCUT2D eigenvalue weighted by Crippen LogP contribution is -2.53. The zero-order valence-electron chi connectivity index (χ0n) is 19.3. The van der Waals surface area contributed by atoms with Gasteiger partial charge in [0.25, 0.3) is 0 Å². The van der Waals surface area contributed by atoms with Gasteiger partial charge in [0.05, 0.1) is 12.1 Å². The lowest BCUT2D eigenvalue weighted by atomic mass is 9.95. The molecule has 3 amide bonds. The molecule has 2 aliphatic heterocycles. The molecule has 7 nitrogen and oxygen atoms in total. The molecule has 0 radical (unpaired) electrons. The lowest BCUT2D eigenvalue weighted by Gasteiger charge is -2.39. The molecule has 3 N–H and O–H groups in total. The first kappa shape index (κ1) is 23.1. The zero-order chi connectivity index (χ0) is 22.5. The van der Waals surface area contributed by atoms with Crippen LogP contribution < -0.4 is 10.6 Å². The maximum absolute atomic E-state index is 13.0. The van der Waals surface area contributed by atoms with E-state index in [4.69, 9.17) is 0 Å². The number of nitrogens with one attached hydrogen (secondary N) is 2. The fraction of sp³-hybridized carbons (Fsp3) is 0.680. The van der Waals surface area contributed by atoms with E-state index in [0.717, 1.165) is 37.8 Å². The molecule has 176 valence electrons. The van der Waals surface area contributed by atoms with Crippen LogP contribution in [0.3, 0.4) is 0 Å². The van der Waals surface area contributed by atoms with Gasteiger partial charge >= 0.3 is 6.03 Å². The molecule has 0 spiro atoms. The summed E-state index contributed by atoms with van der Waals surface area (Å²) in [6.45, 7) is 3.98. The quantitative estimate of drug-likeness (QED) is 0.654. The van der Waals surface area contributed by atoms with Gasteiger partial charge in [0, 0.05) is 37.4 Å². The Morgan fingerprint density at radius 1 is 1.03 bits per heavy atom. The minimum absolute atomic E-state index is 0.0688. The second kappa shape index (κ2) is 10.7. The molecule has 0 bridgehead atoms. The summed E-state index contributed by atoms with van der Waals surface area (Å²) in [4.78, 5) is 29.7. The number of carbonyl (C=O) groups is 2. The van der Waals surface area contributed by atoms with Crippen molar-refractivity contribution in [1.29, 1.82) is 0 Å². The van der Waals surface area contributed by atoms with Crippen LogP contribution in [0.2, 0.25) is 0 Å². The van der Waals surface area contributed by atoms with E-state index in [1.807, 2.05) is 29.2 Å². The third-order valence-corrected chi connectivity index (χ3v) is 7.41. The Labute approximate surface area is 191 Å². The molecule has 0 unspecified atom stereocenters. The Kier molecular flexibility index (Phi) is 7.68. The number of aryl methyl sites for hydroxylation is 1. The van der Waals surface area contributed by atoms with Gasteiger partial charge in [0.15, 0.2) is 0 Å². The van der Waals surface area contributed by atoms with Crippen molar-refractivity contribution in [3.63, 3.8) is 0 Å². The molecule has 32 heavy (non-hydrogen) atoms. The number of nitrogens with zero attached hydrogens (tertiary/aromatic N) is 2. The summed E-state index contributed by atoms with van der Waals surface area (Å²) in [5.74, 6) is 0.0733. The van der Waals surface area contributed by atoms with Crippen LogP contribution in [0, 0.1) is 0 Å². The number of aliphatic hydroxyl groups excluding tert-OH is 1. The topological polar surface area (TPSA) is 84.9 Å². The summed E-state index contributed by atoms with van der Waals surface area (Å²) >= 11 is 0. The summed E-state index contributed by atoms with van der Waals surface area (Å²) in [5.41, 5.74) is 2.06. The predicted octanol–water partition coefficient (Wildman–Crippen LogP) is 3.13. The van der Waals surface area contributed by atoms with Gasteiger partial charge in [-0.1, -0.05) is 38.3 Å². The summed E-state index contributed by atoms with van der Waals surface area (Å²) < 4.78 is 0. The Balaban J connectivity index is 1.28. The monoisotopic (exact) mass is 442 g/mol. The van der Waals surface area contributed by atoms with Crippen molar-refractivity contribution in [1.82, 2.24) is 15.1 Å². The summed E-state index contributed by atoms with van der Waals surface area (Å²) in [6.07, 6.45) is 8.44. The molecule has 3 fully saturated rings. The average molecular weight is 443 g/mol. The molecule has 1 aromatic carbocycles. The second-order valence-corrected chi connectivity index (χ2v) is 9.64. The maximum Gasteiger partial charge on any atom is 0.321 e. The summed E-state index contributed by atoms with van der Waals surface area (Å²) in [5, 5.41) is 16.5. The molecule has 1 aliphatic carbocycles. The Bertz CT molecular complexity index is 770. The molecule has 7 heteroatoms. The van der Waals surface area contributed by atoms with Gasteiger partial charge in [-0.15, -0.1) is 0 Å². The van der Waals surface area contributed by atoms with Crippen LogP contribution >= 0.6 is 0 Å². The van der Waals surface area contributed by atoms with Crippen LogP contribution in [0.15, 0.2) is 24.3 Å². The van der Waals surface area contributed by atoms with Crippen LogP contribution in [0.1, 0.15) is 63.9 Å². The third kappa shape index (κ3) is 5.62. The highest BCUT2D eigenvalue weighted by Gasteiger charge is 2.41. The highest BCUT2D eigenvalue weighted by Crippen LogP contribution is 2.28. The van der Waals surface area contributed by atoms with E-state index in [1.54, 1.807) is 0 Å². The SMILES string of the molecule is CCc1ccc(NC(=O)N2CCC(N3C[C@H](O)C[C@H]3C(=O)NC3CCCCC3)CC2)cc1. The first-order valence-corrected chi connectivity index (χ1v) is 12.4. The second-order valence-electron chi connectivity index (χ2n) is 9.64. The molecule has 2 atom stereocenters. The standard InChI is InChI=1S/C25H38N4O3/c1-2-18-8-10-20(11-9-18)27-25(32)28-14-12-21(13-15-28)29-17-22(30)16-23(29)24(31)26-19-6-4-3-5-7-19/h8-11,19,21-23,30H,2-7,12-17H2,1H3,(H,26,31)(H,27,32)/t22-,23+/m1/s1. The molecule has 2 saturated heterocycles. The van der Waals surface area contributed by atoms with Crippen molar-refractivity contribution in [3.05, 3.63) is 29.8 Å². The van der Waals surface area contributed by atoms with E-state index in [9.17, 15) is 14.7 Å². The van der Waals surface area contributed by atoms with Crippen LogP contribution in [-0.4, -0.2) is 70.7 Å². The van der Waals surface area contributed by atoms with Gasteiger partial charge in [-0.25, -0.2) is 4.79 Å². The molecular weight excluding hydrogens is 404 g/mol. The number of piperidine rings is 1. The highest BCUT2D eigenvalue weighted by atomic mass is 16.3. The Hall–Kier alpha value is -2.12. The fourth-order valence-electron chi connectivity index (χ4n) is 5.47. The van der Waals surface area contributed by atoms with E-state index in [2.05, 4.69) is 22.5 Å². The highest BCUT2D eigenvalue weighted by molar-refractivity contribution is 5.89. The lowest BCUT2D eigenvalue weighted by molar-refractivity contribution is -0.127. The minimum atomic E-state index is -0.454. The number of rotatable bonds is 5. The number of β-amino-alcohol motifs (C(OH)–C–C–N with tert-alkyl or cyclic N) is 1. The number of aliphatic hydroxyl groups is 1. The first-order valence-electron chi connectivity index (χ1n) is 12.4. The van der Waals surface area contributed by atoms with E-state index in [1.165, 1.54) is 24.8 Å². The van der Waals surface area contributed by atoms with Crippen LogP contribution in [0.25, 0.3) is 0 Å². The number of benzene rings is 1. The number of hydrogen-bond donors (Lipinski definition) is 3. The van der Waals surface area contributed by atoms with E-state index in [0.29, 0.717) is 26.1 Å². The number of urea groups is 1. The minimum Gasteiger partial charge on any atom is -0.392 e. The van der Waals surface area contributed by atoms with Crippen molar-refractivity contribution in [3.8, 4) is 0 Å². The van der Waals surface area contributed by atoms with E-state index < -0.39 is 6.10 Å². The van der Waals surface area contributed by atoms with Crippen LogP contribution in [0.4, 0.5) is 10.5 Å². The van der Waals surface area contributed by atoms with Gasteiger partial charge < -0.3 is 20.6 Å². The molecule has 3 aliphatic rings. The molecule has 4 rings (SSSR count). The number of hydrogen-bond acceptors (Lipinski definition) is 4. The van der Waals surface area contributed by atoms with E-state index >= 15 is 0 Å². The largest absolute Gasteiger partial charge is 0.392 e. The van der Waals surface area contributed by atoms with Gasteiger partial charge in [0.1, 0.15) is 0 Å². The van der Waals surface area contributed by atoms with Gasteiger partial charge in [0.2, 0.25) is 5.91 Å². The van der Waals surface area contributed by atoms with Crippen molar-refractivity contribution < 1.29 is 14.7 Å². The van der Waals surface area contributed by atoms with Crippen LogP contribution in [-0.2, 0) is 11.2 Å². The van der Waals surface area contributed by atoms with Crippen molar-refractivity contribution >= 4 is 17.6 Å². The van der Waals surface area contributed by atoms with Gasteiger partial charge in [-0.05, 0) is 56.2 Å². The number of carbonyl (C=O) groups excluding carboxylic acids is 2. The smallest absolute Gasteiger partial charge is 0.321 e. The maximum atomic E-state index is 13.0. The Morgan fingerprint density at radius 3 is 2.38 bits per heavy atom. The van der Waals surface area contributed by atoms with Crippen molar-refractivity contribution in [2.45, 2.75) is 88.9 Å². The molecule has 0 aromatic heterocycles. The van der Waals surface area contributed by atoms with Crippen LogP contribution in [0.5, 0.6) is 0 Å². The van der Waals surface area contributed by atoms with Gasteiger partial charge in [-0.3, -0.25) is 9.69 Å². The number of anilines is 1.